The third-order valence-electron chi connectivity index (χ3n) is 4.80. The summed E-state index contributed by atoms with van der Waals surface area (Å²) in [7, 11) is 0. The topological polar surface area (TPSA) is 55.2 Å². The monoisotopic (exact) mass is 423 g/mol. The zero-order valence-electron chi connectivity index (χ0n) is 18.5. The van der Waals surface area contributed by atoms with E-state index in [1.165, 1.54) is 11.8 Å². The maximum atomic E-state index is 13.2. The second-order valence-corrected chi connectivity index (χ2v) is 10.9. The van der Waals surface area contributed by atoms with E-state index in [1.54, 1.807) is 15.9 Å². The van der Waals surface area contributed by atoms with Crippen LogP contribution in [0.4, 0.5) is 0 Å². The fraction of sp³-hybridized carbons (Fsp3) is 0.667. The summed E-state index contributed by atoms with van der Waals surface area (Å²) < 4.78 is 1.76. The number of fused-ring (bicyclic) bond motifs is 1. The molecular formula is C21H33N3O2S2. The van der Waals surface area contributed by atoms with Crippen LogP contribution >= 0.6 is 23.1 Å². The molecule has 1 amide bonds. The molecule has 0 aliphatic heterocycles. The highest BCUT2D eigenvalue weighted by molar-refractivity contribution is 8.00. The van der Waals surface area contributed by atoms with Crippen molar-refractivity contribution in [2.75, 3.05) is 0 Å². The third kappa shape index (κ3) is 4.62. The van der Waals surface area contributed by atoms with Gasteiger partial charge in [-0.2, -0.15) is 0 Å². The van der Waals surface area contributed by atoms with E-state index in [9.17, 15) is 9.59 Å². The van der Waals surface area contributed by atoms with Crippen LogP contribution in [0, 0.1) is 19.8 Å². The third-order valence-corrected chi connectivity index (χ3v) is 6.98. The largest absolute Gasteiger partial charge is 0.337 e. The lowest BCUT2D eigenvalue weighted by Gasteiger charge is -2.33. The minimum absolute atomic E-state index is 0.00674. The predicted molar refractivity (Wildman–Crippen MR) is 121 cm³/mol. The summed E-state index contributed by atoms with van der Waals surface area (Å²) in [5.41, 5.74) is 1.02. The highest BCUT2D eigenvalue weighted by Gasteiger charge is 2.28. The van der Waals surface area contributed by atoms with Gasteiger partial charge in [0.2, 0.25) is 5.91 Å². The number of thiophene rings is 1. The summed E-state index contributed by atoms with van der Waals surface area (Å²) in [5, 5.41) is 1.05. The quantitative estimate of drug-likeness (QED) is 0.471. The molecule has 2 rings (SSSR count). The van der Waals surface area contributed by atoms with Crippen molar-refractivity contribution in [3.05, 3.63) is 20.8 Å². The van der Waals surface area contributed by atoms with E-state index < -0.39 is 0 Å². The van der Waals surface area contributed by atoms with Crippen molar-refractivity contribution in [2.24, 2.45) is 5.92 Å². The molecule has 0 saturated carbocycles. The summed E-state index contributed by atoms with van der Waals surface area (Å²) in [4.78, 5) is 34.9. The number of hydrogen-bond acceptors (Lipinski definition) is 5. The number of aromatic nitrogens is 2. The lowest BCUT2D eigenvalue weighted by molar-refractivity contribution is -0.133. The molecule has 0 unspecified atom stereocenters. The van der Waals surface area contributed by atoms with Gasteiger partial charge in [0.1, 0.15) is 4.83 Å². The van der Waals surface area contributed by atoms with E-state index in [-0.39, 0.29) is 28.8 Å². The molecule has 156 valence electrons. The molecule has 28 heavy (non-hydrogen) atoms. The van der Waals surface area contributed by atoms with E-state index >= 15 is 0 Å². The van der Waals surface area contributed by atoms with Gasteiger partial charge in [0.15, 0.2) is 5.16 Å². The Hall–Kier alpha value is -1.34. The maximum absolute atomic E-state index is 13.2. The van der Waals surface area contributed by atoms with Crippen molar-refractivity contribution < 1.29 is 4.79 Å². The second-order valence-electron chi connectivity index (χ2n) is 8.36. The molecule has 7 heteroatoms. The predicted octanol–water partition coefficient (Wildman–Crippen LogP) is 4.86. The van der Waals surface area contributed by atoms with Crippen molar-refractivity contribution >= 4 is 39.2 Å². The van der Waals surface area contributed by atoms with Gasteiger partial charge >= 0.3 is 0 Å². The molecule has 0 spiro atoms. The van der Waals surface area contributed by atoms with E-state index in [4.69, 9.17) is 4.98 Å². The molecule has 0 aliphatic rings. The first-order chi connectivity index (χ1) is 13.0. The van der Waals surface area contributed by atoms with Gasteiger partial charge in [0, 0.05) is 23.5 Å². The van der Waals surface area contributed by atoms with Gasteiger partial charge in [0.25, 0.3) is 5.56 Å². The van der Waals surface area contributed by atoms with Crippen LogP contribution < -0.4 is 5.56 Å². The van der Waals surface area contributed by atoms with Gasteiger partial charge in [-0.25, -0.2) is 4.98 Å². The summed E-state index contributed by atoms with van der Waals surface area (Å²) in [5.74, 6) is 0.393. The number of amides is 1. The van der Waals surface area contributed by atoms with E-state index in [1.807, 2.05) is 53.4 Å². The van der Waals surface area contributed by atoms with Crippen LogP contribution in [0.15, 0.2) is 9.95 Å². The van der Waals surface area contributed by atoms with Gasteiger partial charge in [-0.1, -0.05) is 25.6 Å². The number of rotatable bonds is 7. The highest BCUT2D eigenvalue weighted by Crippen LogP contribution is 2.30. The van der Waals surface area contributed by atoms with Crippen molar-refractivity contribution in [3.63, 3.8) is 0 Å². The van der Waals surface area contributed by atoms with Crippen LogP contribution in [0.25, 0.3) is 10.2 Å². The highest BCUT2D eigenvalue weighted by atomic mass is 32.2. The second kappa shape index (κ2) is 8.99. The lowest BCUT2D eigenvalue weighted by atomic mass is 10.2. The zero-order valence-corrected chi connectivity index (χ0v) is 20.1. The van der Waals surface area contributed by atoms with Gasteiger partial charge in [-0.3, -0.25) is 14.2 Å². The Morgan fingerprint density at radius 3 is 2.18 bits per heavy atom. The summed E-state index contributed by atoms with van der Waals surface area (Å²) >= 11 is 2.95. The van der Waals surface area contributed by atoms with E-state index in [2.05, 4.69) is 13.8 Å². The molecule has 0 aliphatic carbocycles. The number of carbonyl (C=O) groups is 1. The molecule has 1 atom stereocenters. The van der Waals surface area contributed by atoms with Gasteiger partial charge < -0.3 is 4.90 Å². The van der Waals surface area contributed by atoms with Crippen molar-refractivity contribution in [2.45, 2.75) is 91.3 Å². The van der Waals surface area contributed by atoms with Crippen molar-refractivity contribution in [3.8, 4) is 0 Å². The molecule has 0 bridgehead atoms. The minimum Gasteiger partial charge on any atom is -0.337 e. The number of thioether (sulfide) groups is 1. The van der Waals surface area contributed by atoms with Crippen molar-refractivity contribution in [1.82, 2.24) is 14.5 Å². The molecule has 2 aromatic rings. The van der Waals surface area contributed by atoms with Gasteiger partial charge in [-0.15, -0.1) is 11.3 Å². The smallest absolute Gasteiger partial charge is 0.263 e. The Balaban J connectivity index is 2.50. The van der Waals surface area contributed by atoms with Crippen LogP contribution in [-0.4, -0.2) is 37.7 Å². The summed E-state index contributed by atoms with van der Waals surface area (Å²) in [6.07, 6.45) is 0. The first-order valence-corrected chi connectivity index (χ1v) is 11.6. The summed E-state index contributed by atoms with van der Waals surface area (Å²) in [6.45, 7) is 18.8. The molecule has 0 N–H and O–H groups in total. The molecule has 2 heterocycles. The molecule has 2 aromatic heterocycles. The Kier molecular flexibility index (Phi) is 7.37. The van der Waals surface area contributed by atoms with Crippen LogP contribution in [0.5, 0.6) is 0 Å². The molecular weight excluding hydrogens is 390 g/mol. The molecule has 0 aromatic carbocycles. The van der Waals surface area contributed by atoms with Crippen LogP contribution in [0.3, 0.4) is 0 Å². The van der Waals surface area contributed by atoms with Crippen LogP contribution in [0.2, 0.25) is 0 Å². The number of aryl methyl sites for hydroxylation is 2. The van der Waals surface area contributed by atoms with E-state index in [0.29, 0.717) is 17.6 Å². The van der Waals surface area contributed by atoms with E-state index in [0.717, 1.165) is 20.7 Å². The van der Waals surface area contributed by atoms with Gasteiger partial charge in [0.05, 0.1) is 10.6 Å². The van der Waals surface area contributed by atoms with Crippen LogP contribution in [0.1, 0.15) is 58.9 Å². The minimum atomic E-state index is -0.310. The summed E-state index contributed by atoms with van der Waals surface area (Å²) in [6, 6.07) is 0.262. The lowest BCUT2D eigenvalue weighted by Crippen LogP contribution is -2.45. The fourth-order valence-electron chi connectivity index (χ4n) is 3.45. The van der Waals surface area contributed by atoms with Crippen molar-refractivity contribution in [1.29, 1.82) is 0 Å². The Labute approximate surface area is 176 Å². The number of nitrogens with zero attached hydrogens (tertiary/aromatic N) is 3. The average molecular weight is 424 g/mol. The van der Waals surface area contributed by atoms with Gasteiger partial charge in [-0.05, 0) is 59.9 Å². The normalized spacial score (nSPS) is 13.1. The SMILES string of the molecule is Cc1sc2nc(S[C@H](C)C(=O)N(C(C)C)C(C)C)n(CC(C)C)c(=O)c2c1C. The zero-order chi connectivity index (χ0) is 21.3. The fourth-order valence-corrected chi connectivity index (χ4v) is 5.49. The molecule has 0 saturated heterocycles. The van der Waals surface area contributed by atoms with Crippen LogP contribution in [-0.2, 0) is 11.3 Å². The molecule has 0 radical (unpaired) electrons. The standard InChI is InChI=1S/C21H33N3O2S2/c1-11(2)10-23-20(26)17-14(7)15(8)27-18(17)22-21(23)28-16(9)19(25)24(12(3)4)13(5)6/h11-13,16H,10H2,1-9H3/t16-/m1/s1. The first kappa shape index (κ1) is 22.9. The Bertz CT molecular complexity index is 904. The first-order valence-electron chi connectivity index (χ1n) is 9.95. The average Bonchev–Trinajstić information content (AvgIpc) is 2.84. The Morgan fingerprint density at radius 1 is 1.11 bits per heavy atom. The number of hydrogen-bond donors (Lipinski definition) is 0. The number of carbonyl (C=O) groups excluding carboxylic acids is 1. The molecule has 5 nitrogen and oxygen atoms in total. The maximum Gasteiger partial charge on any atom is 0.263 e. The molecule has 0 fully saturated rings. The Morgan fingerprint density at radius 2 is 1.68 bits per heavy atom.